The van der Waals surface area contributed by atoms with E-state index in [-0.39, 0.29) is 22.2 Å². The molecule has 0 fully saturated rings. The summed E-state index contributed by atoms with van der Waals surface area (Å²) in [5.41, 5.74) is -0.433. The zero-order valence-electron chi connectivity index (χ0n) is 10.9. The van der Waals surface area contributed by atoms with Crippen LogP contribution in [0.4, 0.5) is 18.3 Å². The zero-order chi connectivity index (χ0) is 15.6. The van der Waals surface area contributed by atoms with Gasteiger partial charge in [-0.25, -0.2) is 4.98 Å². The largest absolute Gasteiger partial charge is 0.508 e. The Labute approximate surface area is 122 Å². The Hall–Kier alpha value is -2.09. The molecule has 8 heteroatoms. The molecule has 1 aromatic heterocycles. The van der Waals surface area contributed by atoms with Crippen molar-refractivity contribution < 1.29 is 23.1 Å². The molecular weight excluding hydrogens is 305 g/mol. The first-order valence-electron chi connectivity index (χ1n) is 5.88. The van der Waals surface area contributed by atoms with Gasteiger partial charge in [-0.15, -0.1) is 11.3 Å². The summed E-state index contributed by atoms with van der Waals surface area (Å²) in [4.78, 5) is 15.1. The lowest BCUT2D eigenvalue weighted by Crippen LogP contribution is -2.14. The van der Waals surface area contributed by atoms with Crippen LogP contribution in [-0.2, 0) is 17.4 Å². The van der Waals surface area contributed by atoms with E-state index >= 15 is 0 Å². The number of nitrogens with one attached hydrogen (secondary N) is 1. The van der Waals surface area contributed by atoms with Crippen molar-refractivity contribution in [3.05, 3.63) is 40.4 Å². The number of phenols is 1. The number of aromatic hydroxyl groups is 1. The van der Waals surface area contributed by atoms with Crippen molar-refractivity contribution in [3.63, 3.8) is 0 Å². The smallest absolute Gasteiger partial charge is 0.434 e. The molecular formula is C13H11F3N2O2S. The number of nitrogens with zero attached hydrogens (tertiary/aromatic N) is 1. The van der Waals surface area contributed by atoms with Gasteiger partial charge in [0.1, 0.15) is 5.75 Å². The molecule has 2 rings (SSSR count). The number of hydrogen-bond acceptors (Lipinski definition) is 4. The number of thiazole rings is 1. The molecule has 4 nitrogen and oxygen atoms in total. The predicted molar refractivity (Wildman–Crippen MR) is 72.3 cm³/mol. The molecule has 0 radical (unpaired) electrons. The summed E-state index contributed by atoms with van der Waals surface area (Å²) in [6.07, 6.45) is -4.59. The fourth-order valence-electron chi connectivity index (χ4n) is 1.73. The van der Waals surface area contributed by atoms with Crippen LogP contribution in [0.3, 0.4) is 0 Å². The Morgan fingerprint density at radius 2 is 2.14 bits per heavy atom. The van der Waals surface area contributed by atoms with Crippen LogP contribution < -0.4 is 5.32 Å². The van der Waals surface area contributed by atoms with E-state index in [0.717, 1.165) is 11.3 Å². The van der Waals surface area contributed by atoms with Crippen LogP contribution in [0.5, 0.6) is 5.75 Å². The molecule has 1 amide bonds. The summed E-state index contributed by atoms with van der Waals surface area (Å²) in [7, 11) is 0. The normalized spacial score (nSPS) is 11.4. The maximum absolute atomic E-state index is 12.6. The van der Waals surface area contributed by atoms with Gasteiger partial charge in [0.2, 0.25) is 5.91 Å². The number of phenolic OH excluding ortho intramolecular Hbond substituents is 1. The minimum Gasteiger partial charge on any atom is -0.508 e. The van der Waals surface area contributed by atoms with E-state index in [2.05, 4.69) is 10.3 Å². The molecule has 0 aliphatic heterocycles. The molecule has 0 saturated heterocycles. The Bertz CT molecular complexity index is 668. The third-order valence-electron chi connectivity index (χ3n) is 2.59. The highest BCUT2D eigenvalue weighted by Gasteiger charge is 2.36. The summed E-state index contributed by atoms with van der Waals surface area (Å²) in [6, 6.07) is 6.08. The van der Waals surface area contributed by atoms with Crippen LogP contribution in [0.15, 0.2) is 24.3 Å². The summed E-state index contributed by atoms with van der Waals surface area (Å²) in [5.74, 6) is -0.479. The maximum Gasteiger partial charge on any atom is 0.434 e. The third-order valence-corrected chi connectivity index (χ3v) is 3.47. The topological polar surface area (TPSA) is 62.2 Å². The fraction of sp³-hybridized carbons (Fsp3) is 0.231. The number of aromatic nitrogens is 1. The number of halogens is 3. The SMILES string of the molecule is Cc1sc(NC(=O)Cc2cccc(O)c2)nc1C(F)(F)F. The van der Waals surface area contributed by atoms with E-state index in [1.165, 1.54) is 19.1 Å². The number of rotatable bonds is 3. The number of aryl methyl sites for hydroxylation is 1. The second-order valence-corrected chi connectivity index (χ2v) is 5.52. The third kappa shape index (κ3) is 3.94. The highest BCUT2D eigenvalue weighted by atomic mass is 32.1. The molecule has 2 aromatic rings. The number of carbonyl (C=O) groups excluding carboxylic acids is 1. The fourth-order valence-corrected chi connectivity index (χ4v) is 2.58. The molecule has 0 saturated carbocycles. The first kappa shape index (κ1) is 15.3. The van der Waals surface area contributed by atoms with Crippen LogP contribution in [0.1, 0.15) is 16.1 Å². The second-order valence-electron chi connectivity index (χ2n) is 4.32. The van der Waals surface area contributed by atoms with Gasteiger partial charge in [-0.3, -0.25) is 4.79 Å². The molecule has 0 spiro atoms. The van der Waals surface area contributed by atoms with Crippen LogP contribution in [-0.4, -0.2) is 16.0 Å². The summed E-state index contributed by atoms with van der Waals surface area (Å²) >= 11 is 0.771. The van der Waals surface area contributed by atoms with Gasteiger partial charge < -0.3 is 10.4 Å². The van der Waals surface area contributed by atoms with Gasteiger partial charge in [0.25, 0.3) is 0 Å². The highest BCUT2D eigenvalue weighted by Crippen LogP contribution is 2.35. The van der Waals surface area contributed by atoms with E-state index in [0.29, 0.717) is 5.56 Å². The second kappa shape index (κ2) is 5.72. The summed E-state index contributed by atoms with van der Waals surface area (Å²) < 4.78 is 37.8. The minimum atomic E-state index is -4.53. The molecule has 21 heavy (non-hydrogen) atoms. The molecule has 1 heterocycles. The van der Waals surface area contributed by atoms with Crippen molar-refractivity contribution in [2.75, 3.05) is 5.32 Å². The van der Waals surface area contributed by atoms with E-state index < -0.39 is 17.8 Å². The quantitative estimate of drug-likeness (QED) is 0.913. The van der Waals surface area contributed by atoms with Crippen LogP contribution >= 0.6 is 11.3 Å². The molecule has 2 N–H and O–H groups in total. The molecule has 112 valence electrons. The standard InChI is InChI=1S/C13H11F3N2O2S/c1-7-11(13(14,15)16)18-12(21-7)17-10(20)6-8-3-2-4-9(19)5-8/h2-5,19H,6H2,1H3,(H,17,18,20). The van der Waals surface area contributed by atoms with Crippen LogP contribution in [0.2, 0.25) is 0 Å². The summed E-state index contributed by atoms with van der Waals surface area (Å²) in [5, 5.41) is 11.5. The van der Waals surface area contributed by atoms with E-state index in [1.807, 2.05) is 0 Å². The maximum atomic E-state index is 12.6. The van der Waals surface area contributed by atoms with Crippen LogP contribution in [0.25, 0.3) is 0 Å². The van der Waals surface area contributed by atoms with E-state index in [1.54, 1.807) is 12.1 Å². The lowest BCUT2D eigenvalue weighted by atomic mass is 10.1. The van der Waals surface area contributed by atoms with Gasteiger partial charge in [-0.2, -0.15) is 13.2 Å². The molecule has 0 aliphatic carbocycles. The Morgan fingerprint density at radius 3 is 2.71 bits per heavy atom. The van der Waals surface area contributed by atoms with Crippen molar-refractivity contribution in [3.8, 4) is 5.75 Å². The van der Waals surface area contributed by atoms with Crippen LogP contribution in [0, 0.1) is 6.92 Å². The van der Waals surface area contributed by atoms with Crippen molar-refractivity contribution >= 4 is 22.4 Å². The molecule has 0 atom stereocenters. The number of amides is 1. The molecule has 1 aromatic carbocycles. The van der Waals surface area contributed by atoms with Gasteiger partial charge in [-0.1, -0.05) is 12.1 Å². The van der Waals surface area contributed by atoms with Crippen molar-refractivity contribution in [2.45, 2.75) is 19.5 Å². The predicted octanol–water partition coefficient (Wildman–Crippen LogP) is 3.36. The van der Waals surface area contributed by atoms with Gasteiger partial charge in [0, 0.05) is 4.88 Å². The van der Waals surface area contributed by atoms with E-state index in [4.69, 9.17) is 0 Å². The van der Waals surface area contributed by atoms with Crippen molar-refractivity contribution in [1.29, 1.82) is 0 Å². The Balaban J connectivity index is 2.07. The highest BCUT2D eigenvalue weighted by molar-refractivity contribution is 7.15. The van der Waals surface area contributed by atoms with Gasteiger partial charge >= 0.3 is 6.18 Å². The minimum absolute atomic E-state index is 0.00449. The van der Waals surface area contributed by atoms with Gasteiger partial charge in [0.15, 0.2) is 10.8 Å². The first-order chi connectivity index (χ1) is 9.75. The first-order valence-corrected chi connectivity index (χ1v) is 6.70. The summed E-state index contributed by atoms with van der Waals surface area (Å²) in [6.45, 7) is 1.30. The lowest BCUT2D eigenvalue weighted by Gasteiger charge is -2.03. The number of benzene rings is 1. The monoisotopic (exact) mass is 316 g/mol. The Kier molecular flexibility index (Phi) is 4.17. The number of hydrogen-bond donors (Lipinski definition) is 2. The number of alkyl halides is 3. The van der Waals surface area contributed by atoms with Gasteiger partial charge in [-0.05, 0) is 24.6 Å². The van der Waals surface area contributed by atoms with Crippen molar-refractivity contribution in [1.82, 2.24) is 4.98 Å². The molecule has 0 unspecified atom stereocenters. The van der Waals surface area contributed by atoms with Crippen molar-refractivity contribution in [2.24, 2.45) is 0 Å². The average Bonchev–Trinajstić information content (AvgIpc) is 2.69. The molecule has 0 aliphatic rings. The number of anilines is 1. The molecule has 0 bridgehead atoms. The van der Waals surface area contributed by atoms with E-state index in [9.17, 15) is 23.1 Å². The lowest BCUT2D eigenvalue weighted by molar-refractivity contribution is -0.141. The zero-order valence-corrected chi connectivity index (χ0v) is 11.7. The Morgan fingerprint density at radius 1 is 1.43 bits per heavy atom. The average molecular weight is 316 g/mol. The number of carbonyl (C=O) groups is 1. The van der Waals surface area contributed by atoms with Gasteiger partial charge in [0.05, 0.1) is 6.42 Å².